The molecule has 0 aliphatic rings. The molecule has 0 spiro atoms. The molecule has 0 saturated carbocycles. The minimum Gasteiger partial charge on any atom is -0.504 e. The van der Waals surface area contributed by atoms with Crippen LogP contribution in [-0.2, 0) is 4.74 Å². The topological polar surface area (TPSA) is 18.5 Å². The summed E-state index contributed by atoms with van der Waals surface area (Å²) >= 11 is 3.13. The largest absolute Gasteiger partial charge is 0.573 e. The van der Waals surface area contributed by atoms with Crippen LogP contribution in [0.25, 0.3) is 6.08 Å². The number of rotatable bonds is 3. The van der Waals surface area contributed by atoms with E-state index in [1.807, 2.05) is 0 Å². The minimum atomic E-state index is -4.68. The standard InChI is InChI=1S/C10H8BrF3O2/c1-15-5-4-7-2-3-8(6-9(7)11)16-10(12,13)14/h2-6H,1H3. The summed E-state index contributed by atoms with van der Waals surface area (Å²) in [5.41, 5.74) is 0.691. The predicted molar refractivity (Wildman–Crippen MR) is 56.9 cm³/mol. The summed E-state index contributed by atoms with van der Waals surface area (Å²) in [5.74, 6) is -0.269. The molecule has 0 saturated heterocycles. The molecule has 16 heavy (non-hydrogen) atoms. The van der Waals surface area contributed by atoms with E-state index in [9.17, 15) is 13.2 Å². The van der Waals surface area contributed by atoms with E-state index in [2.05, 4.69) is 20.7 Å². The third-order valence-corrected chi connectivity index (χ3v) is 2.28. The molecule has 2 nitrogen and oxygen atoms in total. The molecule has 0 aromatic heterocycles. The zero-order chi connectivity index (χ0) is 12.2. The SMILES string of the molecule is COC=Cc1ccc(OC(F)(F)F)cc1Br. The van der Waals surface area contributed by atoms with Crippen molar-refractivity contribution in [2.24, 2.45) is 0 Å². The minimum absolute atomic E-state index is 0.269. The average Bonchev–Trinajstić information content (AvgIpc) is 2.14. The van der Waals surface area contributed by atoms with Gasteiger partial charge in [0.15, 0.2) is 0 Å². The summed E-state index contributed by atoms with van der Waals surface area (Å²) in [6.45, 7) is 0. The summed E-state index contributed by atoms with van der Waals surface area (Å²) in [7, 11) is 1.48. The van der Waals surface area contributed by atoms with Crippen LogP contribution in [0.3, 0.4) is 0 Å². The fourth-order valence-electron chi connectivity index (χ4n) is 0.981. The molecule has 88 valence electrons. The maximum absolute atomic E-state index is 11.9. The zero-order valence-electron chi connectivity index (χ0n) is 8.22. The van der Waals surface area contributed by atoms with Crippen LogP contribution in [0.15, 0.2) is 28.9 Å². The van der Waals surface area contributed by atoms with Crippen LogP contribution in [0.1, 0.15) is 5.56 Å². The van der Waals surface area contributed by atoms with E-state index in [0.29, 0.717) is 10.0 Å². The summed E-state index contributed by atoms with van der Waals surface area (Å²) < 4.78 is 44.7. The third kappa shape index (κ3) is 4.14. The van der Waals surface area contributed by atoms with E-state index in [0.717, 1.165) is 0 Å². The van der Waals surface area contributed by atoms with Gasteiger partial charge in [-0.3, -0.25) is 0 Å². The van der Waals surface area contributed by atoms with Crippen LogP contribution in [0.4, 0.5) is 13.2 Å². The summed E-state index contributed by atoms with van der Waals surface area (Å²) in [5, 5.41) is 0. The van der Waals surface area contributed by atoms with E-state index < -0.39 is 6.36 Å². The molecule has 0 unspecified atom stereocenters. The molecule has 0 fully saturated rings. The second-order valence-electron chi connectivity index (χ2n) is 2.77. The van der Waals surface area contributed by atoms with E-state index in [-0.39, 0.29) is 5.75 Å². The molecule has 6 heteroatoms. The normalized spacial score (nSPS) is 11.8. The van der Waals surface area contributed by atoms with Gasteiger partial charge in [-0.25, -0.2) is 0 Å². The molecular formula is C10H8BrF3O2. The molecule has 1 rings (SSSR count). The molecule has 0 N–H and O–H groups in total. The summed E-state index contributed by atoms with van der Waals surface area (Å²) in [6, 6.07) is 3.96. The average molecular weight is 297 g/mol. The van der Waals surface area contributed by atoms with Crippen molar-refractivity contribution < 1.29 is 22.6 Å². The third-order valence-electron chi connectivity index (χ3n) is 1.59. The van der Waals surface area contributed by atoms with E-state index in [1.165, 1.54) is 31.6 Å². The van der Waals surface area contributed by atoms with Gasteiger partial charge in [0, 0.05) is 4.47 Å². The Bertz CT molecular complexity index is 388. The van der Waals surface area contributed by atoms with Gasteiger partial charge in [-0.15, -0.1) is 13.2 Å². The van der Waals surface area contributed by atoms with Crippen LogP contribution in [0.2, 0.25) is 0 Å². The number of hydrogen-bond acceptors (Lipinski definition) is 2. The quantitative estimate of drug-likeness (QED) is 0.786. The molecular weight excluding hydrogens is 289 g/mol. The highest BCUT2D eigenvalue weighted by Crippen LogP contribution is 2.28. The lowest BCUT2D eigenvalue weighted by Crippen LogP contribution is -2.17. The fraction of sp³-hybridized carbons (Fsp3) is 0.200. The van der Waals surface area contributed by atoms with Gasteiger partial charge in [-0.2, -0.15) is 0 Å². The molecule has 0 radical (unpaired) electrons. The van der Waals surface area contributed by atoms with Gasteiger partial charge in [0.1, 0.15) is 5.75 Å². The lowest BCUT2D eigenvalue weighted by molar-refractivity contribution is -0.274. The lowest BCUT2D eigenvalue weighted by atomic mass is 10.2. The molecule has 0 atom stereocenters. The molecule has 1 aromatic rings. The van der Waals surface area contributed by atoms with Crippen molar-refractivity contribution in [2.75, 3.05) is 7.11 Å². The van der Waals surface area contributed by atoms with Crippen molar-refractivity contribution in [3.05, 3.63) is 34.5 Å². The Hall–Kier alpha value is -1.17. The number of benzene rings is 1. The van der Waals surface area contributed by atoms with Gasteiger partial charge in [-0.1, -0.05) is 22.0 Å². The monoisotopic (exact) mass is 296 g/mol. The maximum atomic E-state index is 11.9. The van der Waals surface area contributed by atoms with E-state index in [4.69, 9.17) is 4.74 Å². The number of hydrogen-bond donors (Lipinski definition) is 0. The first kappa shape index (κ1) is 12.9. The predicted octanol–water partition coefficient (Wildman–Crippen LogP) is 3.96. The van der Waals surface area contributed by atoms with Crippen molar-refractivity contribution in [1.82, 2.24) is 0 Å². The molecule has 0 aliphatic carbocycles. The zero-order valence-corrected chi connectivity index (χ0v) is 9.80. The molecule has 0 aliphatic heterocycles. The van der Waals surface area contributed by atoms with Gasteiger partial charge in [-0.05, 0) is 23.8 Å². The molecule has 0 amide bonds. The van der Waals surface area contributed by atoms with Crippen molar-refractivity contribution in [3.63, 3.8) is 0 Å². The Labute approximate surface area is 98.8 Å². The van der Waals surface area contributed by atoms with Gasteiger partial charge in [0.2, 0.25) is 0 Å². The Morgan fingerprint density at radius 3 is 2.50 bits per heavy atom. The van der Waals surface area contributed by atoms with Gasteiger partial charge in [0.25, 0.3) is 0 Å². The number of alkyl halides is 3. The van der Waals surface area contributed by atoms with Crippen LogP contribution >= 0.6 is 15.9 Å². The van der Waals surface area contributed by atoms with Crippen molar-refractivity contribution in [3.8, 4) is 5.75 Å². The van der Waals surface area contributed by atoms with Gasteiger partial charge in [0.05, 0.1) is 13.4 Å². The number of halogens is 4. The highest BCUT2D eigenvalue weighted by Gasteiger charge is 2.31. The fourth-order valence-corrected chi connectivity index (χ4v) is 1.47. The lowest BCUT2D eigenvalue weighted by Gasteiger charge is -2.09. The van der Waals surface area contributed by atoms with Crippen LogP contribution in [0.5, 0.6) is 5.75 Å². The second-order valence-corrected chi connectivity index (χ2v) is 3.62. The molecule has 0 bridgehead atoms. The van der Waals surface area contributed by atoms with E-state index >= 15 is 0 Å². The molecule has 1 aromatic carbocycles. The first-order valence-electron chi connectivity index (χ1n) is 4.17. The van der Waals surface area contributed by atoms with Crippen molar-refractivity contribution in [2.45, 2.75) is 6.36 Å². The number of ether oxygens (including phenoxy) is 2. The molecule has 0 heterocycles. The maximum Gasteiger partial charge on any atom is 0.573 e. The van der Waals surface area contributed by atoms with E-state index in [1.54, 1.807) is 6.08 Å². The second kappa shape index (κ2) is 5.25. The van der Waals surface area contributed by atoms with Gasteiger partial charge >= 0.3 is 6.36 Å². The summed E-state index contributed by atoms with van der Waals surface area (Å²) in [6.07, 6.45) is -1.64. The Balaban J connectivity index is 2.87. The van der Waals surface area contributed by atoms with Crippen LogP contribution < -0.4 is 4.74 Å². The van der Waals surface area contributed by atoms with Crippen molar-refractivity contribution >= 4 is 22.0 Å². The van der Waals surface area contributed by atoms with Gasteiger partial charge < -0.3 is 9.47 Å². The van der Waals surface area contributed by atoms with Crippen molar-refractivity contribution in [1.29, 1.82) is 0 Å². The first-order valence-corrected chi connectivity index (χ1v) is 4.96. The Kier molecular flexibility index (Phi) is 4.23. The smallest absolute Gasteiger partial charge is 0.504 e. The van der Waals surface area contributed by atoms with Crippen LogP contribution in [-0.4, -0.2) is 13.5 Å². The highest BCUT2D eigenvalue weighted by atomic mass is 79.9. The number of methoxy groups -OCH3 is 1. The Morgan fingerprint density at radius 2 is 2.00 bits per heavy atom. The highest BCUT2D eigenvalue weighted by molar-refractivity contribution is 9.10. The Morgan fingerprint density at radius 1 is 1.31 bits per heavy atom. The summed E-state index contributed by atoms with van der Waals surface area (Å²) in [4.78, 5) is 0. The first-order chi connectivity index (χ1) is 7.42. The van der Waals surface area contributed by atoms with Crippen LogP contribution in [0, 0.1) is 0 Å².